The third-order valence-corrected chi connectivity index (χ3v) is 7.52. The Hall–Kier alpha value is -2.22. The molecule has 0 fully saturated rings. The smallest absolute Gasteiger partial charge is 0.0405 e. The third-order valence-electron chi connectivity index (χ3n) is 7.52. The molecule has 180 valence electrons. The van der Waals surface area contributed by atoms with Crippen molar-refractivity contribution in [3.05, 3.63) is 82.9 Å². The first-order chi connectivity index (χ1) is 15.6. The highest BCUT2D eigenvalue weighted by molar-refractivity contribution is 5.48. The van der Waals surface area contributed by atoms with Crippen molar-refractivity contribution in [1.29, 1.82) is 0 Å². The van der Waals surface area contributed by atoms with E-state index in [0.717, 1.165) is 37.8 Å². The molecule has 0 saturated carbocycles. The van der Waals surface area contributed by atoms with Crippen molar-refractivity contribution >= 4 is 0 Å². The molecule has 1 N–H and O–H groups in total. The molecular formula is C31H46N2. The fourth-order valence-electron chi connectivity index (χ4n) is 5.00. The lowest BCUT2D eigenvalue weighted by Crippen LogP contribution is -2.35. The zero-order valence-electron chi connectivity index (χ0n) is 22.2. The number of hydrogen-bond donors (Lipinski definition) is 1. The SMILES string of the molecule is C=C(C1=CCCC(C)=C1C)N(C)C1=CCC(N/C(=C/CC(C)(C)C)C2C=CC=CC2C)CC1. The van der Waals surface area contributed by atoms with Gasteiger partial charge in [0.2, 0.25) is 0 Å². The molecule has 0 spiro atoms. The van der Waals surface area contributed by atoms with Crippen molar-refractivity contribution in [2.24, 2.45) is 17.3 Å². The predicted octanol–water partition coefficient (Wildman–Crippen LogP) is 8.21. The van der Waals surface area contributed by atoms with E-state index in [1.165, 1.54) is 34.5 Å². The lowest BCUT2D eigenvalue weighted by molar-refractivity contribution is 0.398. The summed E-state index contributed by atoms with van der Waals surface area (Å²) < 4.78 is 0. The van der Waals surface area contributed by atoms with Crippen molar-refractivity contribution in [3.63, 3.8) is 0 Å². The van der Waals surface area contributed by atoms with Crippen LogP contribution in [-0.2, 0) is 0 Å². The minimum absolute atomic E-state index is 0.297. The Morgan fingerprint density at radius 1 is 1.15 bits per heavy atom. The molecule has 3 aliphatic carbocycles. The number of nitrogens with one attached hydrogen (secondary N) is 1. The van der Waals surface area contributed by atoms with Crippen LogP contribution in [0.4, 0.5) is 0 Å². The molecule has 3 rings (SSSR count). The third kappa shape index (κ3) is 6.65. The van der Waals surface area contributed by atoms with Crippen molar-refractivity contribution in [1.82, 2.24) is 10.2 Å². The van der Waals surface area contributed by atoms with Gasteiger partial charge in [0.25, 0.3) is 0 Å². The molecule has 0 aliphatic heterocycles. The molecule has 2 heteroatoms. The van der Waals surface area contributed by atoms with Gasteiger partial charge in [-0.2, -0.15) is 0 Å². The first-order valence-corrected chi connectivity index (χ1v) is 12.9. The van der Waals surface area contributed by atoms with Gasteiger partial charge in [-0.15, -0.1) is 0 Å². The Bertz CT molecular complexity index is 913. The van der Waals surface area contributed by atoms with Crippen molar-refractivity contribution in [3.8, 4) is 0 Å². The van der Waals surface area contributed by atoms with E-state index in [9.17, 15) is 0 Å². The maximum absolute atomic E-state index is 4.47. The van der Waals surface area contributed by atoms with E-state index in [2.05, 4.69) is 108 Å². The van der Waals surface area contributed by atoms with Crippen LogP contribution in [0, 0.1) is 17.3 Å². The average molecular weight is 447 g/mol. The molecular weight excluding hydrogens is 400 g/mol. The molecule has 0 aromatic heterocycles. The van der Waals surface area contributed by atoms with Gasteiger partial charge in [-0.3, -0.25) is 0 Å². The molecule has 0 bridgehead atoms. The Morgan fingerprint density at radius 2 is 1.88 bits per heavy atom. The monoisotopic (exact) mass is 446 g/mol. The summed E-state index contributed by atoms with van der Waals surface area (Å²) >= 11 is 0. The molecule has 3 aliphatic rings. The second kappa shape index (κ2) is 10.8. The summed E-state index contributed by atoms with van der Waals surface area (Å²) in [6, 6.07) is 0.492. The molecule has 0 heterocycles. The summed E-state index contributed by atoms with van der Waals surface area (Å²) in [5, 5.41) is 3.97. The standard InChI is InChI=1S/C31H46N2/c1-22-13-11-15-29(24(22)3)25(4)33(8)27-18-16-26(17-19-27)32-30(20-21-31(5,6)7)28-14-10-9-12-23(28)2/h9-10,12,14-15,18,20,23,26,28,32H,4,11,13,16-17,19,21H2,1-3,5-8H3/b30-20+. The van der Waals surface area contributed by atoms with E-state index in [1.807, 2.05) is 0 Å². The van der Waals surface area contributed by atoms with E-state index in [-0.39, 0.29) is 0 Å². The number of allylic oxidation sites excluding steroid dienone is 9. The van der Waals surface area contributed by atoms with Crippen LogP contribution < -0.4 is 5.32 Å². The van der Waals surface area contributed by atoms with Gasteiger partial charge < -0.3 is 10.2 Å². The predicted molar refractivity (Wildman–Crippen MR) is 145 cm³/mol. The van der Waals surface area contributed by atoms with Crippen LogP contribution in [0.25, 0.3) is 0 Å². The van der Waals surface area contributed by atoms with Gasteiger partial charge in [0, 0.05) is 36.1 Å². The minimum Gasteiger partial charge on any atom is -0.385 e. The topological polar surface area (TPSA) is 15.3 Å². The average Bonchev–Trinajstić information content (AvgIpc) is 2.78. The summed E-state index contributed by atoms with van der Waals surface area (Å²) in [6.45, 7) is 18.3. The lowest BCUT2D eigenvalue weighted by atomic mass is 9.84. The number of hydrogen-bond acceptors (Lipinski definition) is 2. The molecule has 2 nitrogen and oxygen atoms in total. The fraction of sp³-hybridized carbons (Fsp3) is 0.548. The maximum atomic E-state index is 4.47. The second-order valence-electron chi connectivity index (χ2n) is 11.5. The molecule has 0 amide bonds. The zero-order valence-corrected chi connectivity index (χ0v) is 22.2. The van der Waals surface area contributed by atoms with Crippen LogP contribution in [-0.4, -0.2) is 18.0 Å². The van der Waals surface area contributed by atoms with Crippen LogP contribution >= 0.6 is 0 Å². The molecule has 3 unspecified atom stereocenters. The molecule has 0 aromatic rings. The second-order valence-corrected chi connectivity index (χ2v) is 11.5. The fourth-order valence-corrected chi connectivity index (χ4v) is 5.00. The molecule has 0 saturated heterocycles. The van der Waals surface area contributed by atoms with Crippen molar-refractivity contribution in [2.75, 3.05) is 7.05 Å². The first-order valence-electron chi connectivity index (χ1n) is 12.9. The summed E-state index contributed by atoms with van der Waals surface area (Å²) in [4.78, 5) is 2.33. The zero-order chi connectivity index (χ0) is 24.2. The largest absolute Gasteiger partial charge is 0.385 e. The van der Waals surface area contributed by atoms with Gasteiger partial charge in [-0.1, -0.05) is 82.4 Å². The van der Waals surface area contributed by atoms with E-state index in [0.29, 0.717) is 23.3 Å². The molecule has 3 atom stereocenters. The van der Waals surface area contributed by atoms with Crippen molar-refractivity contribution < 1.29 is 0 Å². The Labute approximate surface area is 203 Å². The van der Waals surface area contributed by atoms with Crippen LogP contribution in [0.5, 0.6) is 0 Å². The van der Waals surface area contributed by atoms with Gasteiger partial charge in [0.05, 0.1) is 0 Å². The highest BCUT2D eigenvalue weighted by atomic mass is 15.1. The molecule has 0 radical (unpaired) electrons. The van der Waals surface area contributed by atoms with Crippen LogP contribution in [0.1, 0.15) is 80.1 Å². The molecule has 0 aromatic carbocycles. The van der Waals surface area contributed by atoms with Crippen molar-refractivity contribution in [2.45, 2.75) is 86.1 Å². The summed E-state index contributed by atoms with van der Waals surface area (Å²) in [6.07, 6.45) is 23.0. The van der Waals surface area contributed by atoms with Gasteiger partial charge in [0.15, 0.2) is 0 Å². The summed E-state index contributed by atoms with van der Waals surface area (Å²) in [7, 11) is 2.19. The van der Waals surface area contributed by atoms with Gasteiger partial charge in [-0.25, -0.2) is 0 Å². The van der Waals surface area contributed by atoms with Gasteiger partial charge in [-0.05, 0) is 74.9 Å². The highest BCUT2D eigenvalue weighted by Gasteiger charge is 2.25. The van der Waals surface area contributed by atoms with Crippen LogP contribution in [0.2, 0.25) is 0 Å². The Kier molecular flexibility index (Phi) is 8.32. The minimum atomic E-state index is 0.297. The first kappa shape index (κ1) is 25.4. The van der Waals surface area contributed by atoms with Crippen LogP contribution in [0.3, 0.4) is 0 Å². The van der Waals surface area contributed by atoms with E-state index >= 15 is 0 Å². The van der Waals surface area contributed by atoms with Crippen LogP contribution in [0.15, 0.2) is 82.9 Å². The molecule has 33 heavy (non-hydrogen) atoms. The Balaban J connectivity index is 1.68. The lowest BCUT2D eigenvalue weighted by Gasteiger charge is -2.34. The van der Waals surface area contributed by atoms with E-state index < -0.39 is 0 Å². The summed E-state index contributed by atoms with van der Waals surface area (Å²) in [5.41, 5.74) is 8.49. The van der Waals surface area contributed by atoms with Gasteiger partial charge >= 0.3 is 0 Å². The maximum Gasteiger partial charge on any atom is 0.0405 e. The number of likely N-dealkylation sites (N-methyl/N-ethyl adjacent to an activating group) is 1. The highest BCUT2D eigenvalue weighted by Crippen LogP contribution is 2.34. The Morgan fingerprint density at radius 3 is 2.52 bits per heavy atom. The van der Waals surface area contributed by atoms with E-state index in [1.54, 1.807) is 0 Å². The normalized spacial score (nSPS) is 26.2. The number of nitrogens with zero attached hydrogens (tertiary/aromatic N) is 1. The number of rotatable bonds is 7. The quantitative estimate of drug-likeness (QED) is 0.424. The van der Waals surface area contributed by atoms with Gasteiger partial charge in [0.1, 0.15) is 0 Å². The summed E-state index contributed by atoms with van der Waals surface area (Å²) in [5.74, 6) is 0.975. The van der Waals surface area contributed by atoms with E-state index in [4.69, 9.17) is 0 Å².